The monoisotopic (exact) mass is 427 g/mol. The van der Waals surface area contributed by atoms with Crippen LogP contribution in [-0.2, 0) is 4.79 Å². The van der Waals surface area contributed by atoms with Gasteiger partial charge < -0.3 is 15.0 Å². The van der Waals surface area contributed by atoms with Gasteiger partial charge in [0.25, 0.3) is 17.3 Å². The number of carbonyl (C=O) groups is 1. The number of benzene rings is 2. The average molecular weight is 427 g/mol. The van der Waals surface area contributed by atoms with Gasteiger partial charge in [0, 0.05) is 63.0 Å². The Morgan fingerprint density at radius 2 is 1.61 bits per heavy atom. The van der Waals surface area contributed by atoms with Gasteiger partial charge in [-0.05, 0) is 18.2 Å². The SMILES string of the molecule is O=C1Nc2ccc([N+](=O)[O-])cc2O[C@H]1CCN1CCN(c2ccc([N+](=O)[O-])cc2)CC1. The van der Waals surface area contributed by atoms with Gasteiger partial charge in [-0.3, -0.25) is 29.9 Å². The molecular formula is C20H21N5O6. The first-order valence-corrected chi connectivity index (χ1v) is 9.88. The molecule has 1 fully saturated rings. The van der Waals surface area contributed by atoms with E-state index in [4.69, 9.17) is 4.74 Å². The summed E-state index contributed by atoms with van der Waals surface area (Å²) in [6.45, 7) is 3.76. The number of non-ortho nitro benzene ring substituents is 2. The average Bonchev–Trinajstić information content (AvgIpc) is 2.77. The van der Waals surface area contributed by atoms with Crippen molar-refractivity contribution >= 4 is 28.7 Å². The van der Waals surface area contributed by atoms with Crippen LogP contribution in [0.5, 0.6) is 5.75 Å². The highest BCUT2D eigenvalue weighted by Gasteiger charge is 2.29. The van der Waals surface area contributed by atoms with Crippen molar-refractivity contribution in [3.05, 3.63) is 62.7 Å². The summed E-state index contributed by atoms with van der Waals surface area (Å²) < 4.78 is 5.74. The number of hydrogen-bond donors (Lipinski definition) is 1. The number of nitro benzene ring substituents is 2. The van der Waals surface area contributed by atoms with Gasteiger partial charge in [-0.15, -0.1) is 0 Å². The molecule has 0 bridgehead atoms. The minimum atomic E-state index is -0.706. The highest BCUT2D eigenvalue weighted by atomic mass is 16.6. The fraction of sp³-hybridized carbons (Fsp3) is 0.350. The van der Waals surface area contributed by atoms with Crippen molar-refractivity contribution in [2.24, 2.45) is 0 Å². The van der Waals surface area contributed by atoms with Crippen LogP contribution in [0, 0.1) is 20.2 Å². The molecule has 11 nitrogen and oxygen atoms in total. The van der Waals surface area contributed by atoms with Gasteiger partial charge in [0.05, 0.1) is 21.6 Å². The van der Waals surface area contributed by atoms with Crippen LogP contribution in [0.2, 0.25) is 0 Å². The van der Waals surface area contributed by atoms with Crippen molar-refractivity contribution in [1.82, 2.24) is 4.90 Å². The van der Waals surface area contributed by atoms with E-state index >= 15 is 0 Å². The highest BCUT2D eigenvalue weighted by molar-refractivity contribution is 5.97. The van der Waals surface area contributed by atoms with Crippen LogP contribution >= 0.6 is 0 Å². The summed E-state index contributed by atoms with van der Waals surface area (Å²) in [4.78, 5) is 37.5. The molecule has 11 heteroatoms. The van der Waals surface area contributed by atoms with E-state index in [0.29, 0.717) is 24.4 Å². The summed E-state index contributed by atoms with van der Waals surface area (Å²) >= 11 is 0. The van der Waals surface area contributed by atoms with E-state index in [0.717, 1.165) is 31.9 Å². The third-order valence-corrected chi connectivity index (χ3v) is 5.50. The molecule has 4 rings (SSSR count). The Balaban J connectivity index is 1.29. The lowest BCUT2D eigenvalue weighted by molar-refractivity contribution is -0.385. The van der Waals surface area contributed by atoms with Gasteiger partial charge in [-0.25, -0.2) is 0 Å². The molecule has 0 aliphatic carbocycles. The molecule has 2 aromatic rings. The van der Waals surface area contributed by atoms with Crippen molar-refractivity contribution in [3.8, 4) is 5.75 Å². The molecule has 0 unspecified atom stereocenters. The van der Waals surface area contributed by atoms with Crippen molar-refractivity contribution in [2.45, 2.75) is 12.5 Å². The van der Waals surface area contributed by atoms with E-state index in [1.165, 1.54) is 30.3 Å². The first-order chi connectivity index (χ1) is 14.9. The number of rotatable bonds is 6. The fourth-order valence-corrected chi connectivity index (χ4v) is 3.75. The molecule has 31 heavy (non-hydrogen) atoms. The lowest BCUT2D eigenvalue weighted by Gasteiger charge is -2.36. The van der Waals surface area contributed by atoms with Gasteiger partial charge in [0.1, 0.15) is 0 Å². The Morgan fingerprint density at radius 3 is 2.26 bits per heavy atom. The maximum Gasteiger partial charge on any atom is 0.273 e. The van der Waals surface area contributed by atoms with Crippen molar-refractivity contribution in [3.63, 3.8) is 0 Å². The molecule has 2 aliphatic heterocycles. The molecule has 0 spiro atoms. The zero-order chi connectivity index (χ0) is 22.0. The van der Waals surface area contributed by atoms with E-state index < -0.39 is 16.0 Å². The van der Waals surface area contributed by atoms with Crippen LogP contribution in [-0.4, -0.2) is 59.5 Å². The number of nitro groups is 2. The van der Waals surface area contributed by atoms with Crippen LogP contribution in [0.3, 0.4) is 0 Å². The zero-order valence-corrected chi connectivity index (χ0v) is 16.6. The van der Waals surface area contributed by atoms with Crippen molar-refractivity contribution in [1.29, 1.82) is 0 Å². The van der Waals surface area contributed by atoms with Gasteiger partial charge >= 0.3 is 0 Å². The van der Waals surface area contributed by atoms with Gasteiger partial charge in [0.15, 0.2) is 11.9 Å². The van der Waals surface area contributed by atoms with E-state index in [-0.39, 0.29) is 17.3 Å². The molecule has 0 saturated carbocycles. The number of anilines is 2. The molecule has 2 aliphatic rings. The van der Waals surface area contributed by atoms with E-state index in [2.05, 4.69) is 15.1 Å². The lowest BCUT2D eigenvalue weighted by atomic mass is 10.1. The number of carbonyl (C=O) groups excluding carboxylic acids is 1. The van der Waals surface area contributed by atoms with Crippen LogP contribution in [0.1, 0.15) is 6.42 Å². The number of nitrogens with zero attached hydrogens (tertiary/aromatic N) is 4. The molecule has 1 amide bonds. The van der Waals surface area contributed by atoms with Gasteiger partial charge in [-0.2, -0.15) is 0 Å². The molecule has 1 N–H and O–H groups in total. The van der Waals surface area contributed by atoms with Crippen molar-refractivity contribution in [2.75, 3.05) is 42.9 Å². The molecule has 2 aromatic carbocycles. The molecule has 1 saturated heterocycles. The van der Waals surface area contributed by atoms with Gasteiger partial charge in [-0.1, -0.05) is 0 Å². The predicted molar refractivity (Wildman–Crippen MR) is 113 cm³/mol. The Hall–Kier alpha value is -3.73. The quantitative estimate of drug-likeness (QED) is 0.549. The van der Waals surface area contributed by atoms with Crippen LogP contribution in [0.15, 0.2) is 42.5 Å². The third kappa shape index (κ3) is 4.56. The summed E-state index contributed by atoms with van der Waals surface area (Å²) in [6.07, 6.45) is -0.243. The molecule has 0 radical (unpaired) electrons. The largest absolute Gasteiger partial charge is 0.478 e. The molecule has 0 aromatic heterocycles. The Bertz CT molecular complexity index is 1000. The van der Waals surface area contributed by atoms with Crippen LogP contribution in [0.4, 0.5) is 22.7 Å². The zero-order valence-electron chi connectivity index (χ0n) is 16.6. The third-order valence-electron chi connectivity index (χ3n) is 5.50. The number of amides is 1. The van der Waals surface area contributed by atoms with Crippen molar-refractivity contribution < 1.29 is 19.4 Å². The molecule has 1 atom stereocenters. The summed E-state index contributed by atoms with van der Waals surface area (Å²) in [7, 11) is 0. The predicted octanol–water partition coefficient (Wildman–Crippen LogP) is 2.41. The summed E-state index contributed by atoms with van der Waals surface area (Å²) in [5.41, 5.74) is 1.36. The number of fused-ring (bicyclic) bond motifs is 1. The molecular weight excluding hydrogens is 406 g/mol. The summed E-state index contributed by atoms with van der Waals surface area (Å²) in [5.74, 6) is 0.0488. The standard InChI is InChI=1S/C20H21N5O6/c26-20-18(31-19-13-16(25(29)30)5-6-17(19)21-20)7-8-22-9-11-23(12-10-22)14-1-3-15(4-2-14)24(27)28/h1-6,13,18H,7-12H2,(H,21,26)/t18-/m0/s1. The summed E-state index contributed by atoms with van der Waals surface area (Å²) in [5, 5.41) is 24.5. The number of hydrogen-bond acceptors (Lipinski definition) is 8. The van der Waals surface area contributed by atoms with Gasteiger partial charge in [0.2, 0.25) is 0 Å². The second kappa shape index (κ2) is 8.56. The second-order valence-corrected chi connectivity index (χ2v) is 7.42. The minimum absolute atomic E-state index is 0.0695. The summed E-state index contributed by atoms with van der Waals surface area (Å²) in [6, 6.07) is 10.6. The Morgan fingerprint density at radius 1 is 0.968 bits per heavy atom. The Kier molecular flexibility index (Phi) is 5.67. The Labute approximate surface area is 177 Å². The molecule has 162 valence electrons. The maximum absolute atomic E-state index is 12.3. The second-order valence-electron chi connectivity index (χ2n) is 7.42. The minimum Gasteiger partial charge on any atom is -0.478 e. The number of piperazine rings is 1. The normalized spacial score (nSPS) is 18.6. The van der Waals surface area contributed by atoms with Crippen LogP contribution < -0.4 is 15.0 Å². The highest BCUT2D eigenvalue weighted by Crippen LogP contribution is 2.33. The fourth-order valence-electron chi connectivity index (χ4n) is 3.75. The topological polar surface area (TPSA) is 131 Å². The van der Waals surface area contributed by atoms with E-state index in [1.807, 2.05) is 0 Å². The lowest BCUT2D eigenvalue weighted by Crippen LogP contribution is -2.48. The van der Waals surface area contributed by atoms with E-state index in [1.54, 1.807) is 12.1 Å². The molecule has 2 heterocycles. The first-order valence-electron chi connectivity index (χ1n) is 9.88. The number of ether oxygens (including phenoxy) is 1. The first kappa shape index (κ1) is 20.5. The maximum atomic E-state index is 12.3. The van der Waals surface area contributed by atoms with Crippen LogP contribution in [0.25, 0.3) is 0 Å². The van der Waals surface area contributed by atoms with E-state index in [9.17, 15) is 25.0 Å². The smallest absolute Gasteiger partial charge is 0.273 e. The number of nitrogens with one attached hydrogen (secondary N) is 1.